The van der Waals surface area contributed by atoms with Gasteiger partial charge in [-0.1, -0.05) is 24.3 Å². The van der Waals surface area contributed by atoms with Crippen molar-refractivity contribution in [2.45, 2.75) is 19.4 Å². The Balaban J connectivity index is 1.28. The molecule has 0 bridgehead atoms. The summed E-state index contributed by atoms with van der Waals surface area (Å²) in [5.41, 5.74) is 0. The highest BCUT2D eigenvalue weighted by atomic mass is 16.5. The average molecular weight is 422 g/mol. The molecule has 8 nitrogen and oxygen atoms in total. The maximum Gasteiger partial charge on any atom is 0.223 e. The first kappa shape index (κ1) is 19.8. The molecule has 1 aromatic carbocycles. The maximum absolute atomic E-state index is 12.6. The smallest absolute Gasteiger partial charge is 0.223 e. The van der Waals surface area contributed by atoms with Crippen molar-refractivity contribution in [3.05, 3.63) is 48.4 Å². The Bertz CT molecular complexity index is 1020. The van der Waals surface area contributed by atoms with E-state index in [0.717, 1.165) is 67.2 Å². The zero-order valence-corrected chi connectivity index (χ0v) is 17.5. The summed E-state index contributed by atoms with van der Waals surface area (Å²) in [6, 6.07) is 12.0. The van der Waals surface area contributed by atoms with E-state index in [1.54, 1.807) is 6.26 Å². The highest BCUT2D eigenvalue weighted by Gasteiger charge is 2.27. The molecule has 2 aliphatic rings. The van der Waals surface area contributed by atoms with Crippen molar-refractivity contribution >= 4 is 28.3 Å². The number of piperidine rings is 1. The normalized spacial score (nSPS) is 17.8. The number of morpholine rings is 1. The van der Waals surface area contributed by atoms with E-state index in [1.807, 2.05) is 24.3 Å². The van der Waals surface area contributed by atoms with E-state index in [-0.39, 0.29) is 11.8 Å². The number of rotatable bonds is 5. The highest BCUT2D eigenvalue weighted by molar-refractivity contribution is 5.99. The van der Waals surface area contributed by atoms with E-state index in [1.165, 1.54) is 0 Å². The number of hydrogen-bond acceptors (Lipinski definition) is 7. The molecule has 8 heteroatoms. The van der Waals surface area contributed by atoms with Gasteiger partial charge in [0.2, 0.25) is 5.91 Å². The van der Waals surface area contributed by atoms with E-state index in [0.29, 0.717) is 19.8 Å². The minimum Gasteiger partial charge on any atom is -0.467 e. The number of amides is 1. The van der Waals surface area contributed by atoms with Gasteiger partial charge in [0.25, 0.3) is 0 Å². The maximum atomic E-state index is 12.6. The van der Waals surface area contributed by atoms with Crippen LogP contribution in [0.3, 0.4) is 0 Å². The molecule has 2 fully saturated rings. The van der Waals surface area contributed by atoms with Crippen molar-refractivity contribution in [1.82, 2.24) is 15.5 Å². The van der Waals surface area contributed by atoms with Crippen molar-refractivity contribution in [2.24, 2.45) is 5.92 Å². The lowest BCUT2D eigenvalue weighted by molar-refractivity contribution is -0.125. The quantitative estimate of drug-likeness (QED) is 0.678. The summed E-state index contributed by atoms with van der Waals surface area (Å²) in [7, 11) is 0. The molecule has 1 amide bonds. The summed E-state index contributed by atoms with van der Waals surface area (Å²) >= 11 is 0. The minimum absolute atomic E-state index is 0.0121. The molecular weight excluding hydrogens is 394 g/mol. The van der Waals surface area contributed by atoms with Gasteiger partial charge in [0, 0.05) is 42.9 Å². The number of nitrogens with one attached hydrogen (secondary N) is 1. The first-order valence-electron chi connectivity index (χ1n) is 10.9. The number of anilines is 2. The third-order valence-corrected chi connectivity index (χ3v) is 6.14. The van der Waals surface area contributed by atoms with Gasteiger partial charge >= 0.3 is 0 Å². The van der Waals surface area contributed by atoms with Crippen molar-refractivity contribution in [3.63, 3.8) is 0 Å². The largest absolute Gasteiger partial charge is 0.467 e. The van der Waals surface area contributed by atoms with Crippen LogP contribution >= 0.6 is 0 Å². The monoisotopic (exact) mass is 421 g/mol. The van der Waals surface area contributed by atoms with Gasteiger partial charge in [-0.3, -0.25) is 4.79 Å². The number of benzene rings is 1. The summed E-state index contributed by atoms with van der Waals surface area (Å²) in [5.74, 6) is 2.71. The van der Waals surface area contributed by atoms with E-state index in [4.69, 9.17) is 9.15 Å². The fourth-order valence-corrected chi connectivity index (χ4v) is 4.40. The lowest BCUT2D eigenvalue weighted by atomic mass is 9.95. The van der Waals surface area contributed by atoms with Crippen LogP contribution in [0.4, 0.5) is 11.6 Å². The molecule has 162 valence electrons. The molecule has 0 spiro atoms. The van der Waals surface area contributed by atoms with Gasteiger partial charge in [0.1, 0.15) is 5.76 Å². The van der Waals surface area contributed by atoms with Gasteiger partial charge in [-0.05, 0) is 25.0 Å². The number of furan rings is 1. The number of nitrogens with zero attached hydrogens (tertiary/aromatic N) is 4. The number of ether oxygens (including phenoxy) is 1. The second-order valence-corrected chi connectivity index (χ2v) is 8.05. The summed E-state index contributed by atoms with van der Waals surface area (Å²) in [5, 5.41) is 14.4. The van der Waals surface area contributed by atoms with Crippen LogP contribution in [0.5, 0.6) is 0 Å². The number of hydrogen-bond donors (Lipinski definition) is 1. The number of carbonyl (C=O) groups excluding carboxylic acids is 1. The highest BCUT2D eigenvalue weighted by Crippen LogP contribution is 2.32. The molecule has 3 aromatic rings. The van der Waals surface area contributed by atoms with Crippen molar-refractivity contribution < 1.29 is 13.9 Å². The molecule has 4 heterocycles. The van der Waals surface area contributed by atoms with Crippen molar-refractivity contribution in [2.75, 3.05) is 49.2 Å². The standard InChI is InChI=1S/C23H27N5O3/c29-23(24-16-18-4-3-13-31-18)17-7-9-27(10-8-17)21-19-5-1-2-6-20(19)22(26-25-21)28-11-14-30-15-12-28/h1-6,13,17H,7-12,14-16H2,(H,24,29). The zero-order chi connectivity index (χ0) is 21.0. The molecule has 1 N–H and O–H groups in total. The molecule has 2 aromatic heterocycles. The fourth-order valence-electron chi connectivity index (χ4n) is 4.40. The van der Waals surface area contributed by atoms with Gasteiger partial charge in [0.15, 0.2) is 11.6 Å². The Morgan fingerprint density at radius 2 is 1.58 bits per heavy atom. The summed E-state index contributed by atoms with van der Waals surface area (Å²) in [6.45, 7) is 5.10. The molecule has 2 saturated heterocycles. The van der Waals surface area contributed by atoms with Crippen LogP contribution in [0.1, 0.15) is 18.6 Å². The van der Waals surface area contributed by atoms with Crippen LogP contribution in [-0.2, 0) is 16.1 Å². The summed E-state index contributed by atoms with van der Waals surface area (Å²) < 4.78 is 10.8. The van der Waals surface area contributed by atoms with Crippen LogP contribution in [0.2, 0.25) is 0 Å². The molecule has 0 radical (unpaired) electrons. The van der Waals surface area contributed by atoms with Crippen LogP contribution in [0, 0.1) is 5.92 Å². The minimum atomic E-state index is 0.0121. The molecule has 0 atom stereocenters. The Kier molecular flexibility index (Phi) is 5.71. The number of fused-ring (bicyclic) bond motifs is 1. The lowest BCUT2D eigenvalue weighted by Crippen LogP contribution is -2.41. The lowest BCUT2D eigenvalue weighted by Gasteiger charge is -2.33. The predicted octanol–water partition coefficient (Wildman–Crippen LogP) is 2.59. The number of carbonyl (C=O) groups is 1. The van der Waals surface area contributed by atoms with Crippen LogP contribution in [0.25, 0.3) is 10.8 Å². The van der Waals surface area contributed by atoms with Gasteiger partial charge in [-0.25, -0.2) is 0 Å². The number of aromatic nitrogens is 2. The van der Waals surface area contributed by atoms with E-state index in [2.05, 4.69) is 37.4 Å². The van der Waals surface area contributed by atoms with E-state index < -0.39 is 0 Å². The van der Waals surface area contributed by atoms with Crippen LogP contribution in [0.15, 0.2) is 47.1 Å². The summed E-state index contributed by atoms with van der Waals surface area (Å²) in [4.78, 5) is 17.1. The Hall–Kier alpha value is -3.13. The zero-order valence-electron chi connectivity index (χ0n) is 17.5. The third kappa shape index (κ3) is 4.20. The average Bonchev–Trinajstić information content (AvgIpc) is 3.36. The fraction of sp³-hybridized carbons (Fsp3) is 0.435. The molecular formula is C23H27N5O3. The Labute approximate surface area is 181 Å². The first-order chi connectivity index (χ1) is 15.3. The topological polar surface area (TPSA) is 83.7 Å². The molecule has 2 aliphatic heterocycles. The SMILES string of the molecule is O=C(NCc1ccco1)C1CCN(c2nnc(N3CCOCC3)c3ccccc23)CC1. The van der Waals surface area contributed by atoms with Crippen LogP contribution in [-0.4, -0.2) is 55.5 Å². The Morgan fingerprint density at radius 1 is 0.935 bits per heavy atom. The molecule has 0 aliphatic carbocycles. The van der Waals surface area contributed by atoms with Gasteiger partial charge in [-0.15, -0.1) is 10.2 Å². The van der Waals surface area contributed by atoms with Gasteiger partial charge in [-0.2, -0.15) is 0 Å². The predicted molar refractivity (Wildman–Crippen MR) is 118 cm³/mol. The molecule has 0 unspecified atom stereocenters. The van der Waals surface area contributed by atoms with E-state index in [9.17, 15) is 4.79 Å². The first-order valence-corrected chi connectivity index (χ1v) is 10.9. The van der Waals surface area contributed by atoms with Crippen LogP contribution < -0.4 is 15.1 Å². The second-order valence-electron chi connectivity index (χ2n) is 8.05. The molecule has 0 saturated carbocycles. The second kappa shape index (κ2) is 8.93. The van der Waals surface area contributed by atoms with Gasteiger partial charge in [0.05, 0.1) is 26.0 Å². The third-order valence-electron chi connectivity index (χ3n) is 6.14. The molecule has 31 heavy (non-hydrogen) atoms. The molecule has 5 rings (SSSR count). The van der Waals surface area contributed by atoms with Gasteiger partial charge < -0.3 is 24.3 Å². The van der Waals surface area contributed by atoms with E-state index >= 15 is 0 Å². The van der Waals surface area contributed by atoms with Crippen molar-refractivity contribution in [3.8, 4) is 0 Å². The van der Waals surface area contributed by atoms with Crippen molar-refractivity contribution in [1.29, 1.82) is 0 Å². The Morgan fingerprint density at radius 3 is 2.19 bits per heavy atom. The summed E-state index contributed by atoms with van der Waals surface area (Å²) in [6.07, 6.45) is 3.21.